The van der Waals surface area contributed by atoms with Gasteiger partial charge in [-0.3, -0.25) is 4.98 Å². The van der Waals surface area contributed by atoms with Crippen LogP contribution in [-0.4, -0.2) is 45.8 Å². The average molecular weight is 346 g/mol. The van der Waals surface area contributed by atoms with Crippen LogP contribution >= 0.6 is 0 Å². The molecule has 0 saturated carbocycles. The molecule has 0 atom stereocenters. The van der Waals surface area contributed by atoms with Crippen molar-refractivity contribution in [2.45, 2.75) is 6.54 Å². The molecule has 0 aliphatic carbocycles. The molecule has 1 fully saturated rings. The number of benzene rings is 1. The zero-order valence-electron chi connectivity index (χ0n) is 13.7. The van der Waals surface area contributed by atoms with Crippen LogP contribution in [0.4, 0.5) is 11.4 Å². The van der Waals surface area contributed by atoms with Crippen molar-refractivity contribution in [2.24, 2.45) is 0 Å². The summed E-state index contributed by atoms with van der Waals surface area (Å²) in [6.45, 7) is 4.20. The quantitative estimate of drug-likeness (QED) is 0.888. The number of nitrogens with one attached hydrogen (secondary N) is 1. The normalized spacial score (nSPS) is 15.5. The minimum Gasteiger partial charge on any atom is -0.368 e. The predicted octanol–water partition coefficient (Wildman–Crippen LogP) is 1.46. The standard InChI is InChI=1S/C17H22N4O2S/c1-24(22,23)19-14-15-2-4-16(5-3-15)20-10-12-21(13-11-20)17-6-8-18-9-7-17/h2-9,19H,10-14H2,1H3. The Labute approximate surface area is 143 Å². The molecule has 7 heteroatoms. The summed E-state index contributed by atoms with van der Waals surface area (Å²) in [7, 11) is -3.16. The second-order valence-corrected chi connectivity index (χ2v) is 7.77. The molecule has 128 valence electrons. The molecule has 0 bridgehead atoms. The van der Waals surface area contributed by atoms with Crippen molar-refractivity contribution in [1.82, 2.24) is 9.71 Å². The Balaban J connectivity index is 1.56. The molecule has 24 heavy (non-hydrogen) atoms. The maximum Gasteiger partial charge on any atom is 0.209 e. The summed E-state index contributed by atoms with van der Waals surface area (Å²) < 4.78 is 24.8. The van der Waals surface area contributed by atoms with Crippen LogP contribution in [0.25, 0.3) is 0 Å². The summed E-state index contributed by atoms with van der Waals surface area (Å²) in [4.78, 5) is 8.78. The maximum atomic E-state index is 11.1. The lowest BCUT2D eigenvalue weighted by molar-refractivity contribution is 0.587. The SMILES string of the molecule is CS(=O)(=O)NCc1ccc(N2CCN(c3ccncc3)CC2)cc1. The minimum absolute atomic E-state index is 0.328. The number of rotatable bonds is 5. The Morgan fingerprint density at radius 3 is 1.92 bits per heavy atom. The topological polar surface area (TPSA) is 65.5 Å². The maximum absolute atomic E-state index is 11.1. The van der Waals surface area contributed by atoms with Gasteiger partial charge in [0.1, 0.15) is 0 Å². The first-order valence-corrected chi connectivity index (χ1v) is 9.84. The van der Waals surface area contributed by atoms with Crippen LogP contribution in [-0.2, 0) is 16.6 Å². The van der Waals surface area contributed by atoms with E-state index in [9.17, 15) is 8.42 Å². The van der Waals surface area contributed by atoms with Crippen LogP contribution in [0, 0.1) is 0 Å². The molecule has 6 nitrogen and oxygen atoms in total. The van der Waals surface area contributed by atoms with Gasteiger partial charge in [-0.2, -0.15) is 0 Å². The summed E-state index contributed by atoms with van der Waals surface area (Å²) in [5, 5.41) is 0. The molecule has 0 unspecified atom stereocenters. The van der Waals surface area contributed by atoms with Gasteiger partial charge in [0, 0.05) is 56.5 Å². The van der Waals surface area contributed by atoms with Crippen molar-refractivity contribution in [2.75, 3.05) is 42.2 Å². The van der Waals surface area contributed by atoms with Crippen LogP contribution in [0.15, 0.2) is 48.8 Å². The van der Waals surface area contributed by atoms with Gasteiger partial charge in [0.25, 0.3) is 0 Å². The third-order valence-corrected chi connectivity index (χ3v) is 4.82. The molecule has 1 N–H and O–H groups in total. The van der Waals surface area contributed by atoms with Gasteiger partial charge in [-0.25, -0.2) is 13.1 Å². The van der Waals surface area contributed by atoms with Gasteiger partial charge in [0.15, 0.2) is 0 Å². The van der Waals surface area contributed by atoms with Crippen LogP contribution in [0.1, 0.15) is 5.56 Å². The highest BCUT2D eigenvalue weighted by Gasteiger charge is 2.17. The Morgan fingerprint density at radius 2 is 1.42 bits per heavy atom. The summed E-state index contributed by atoms with van der Waals surface area (Å²) in [5.41, 5.74) is 3.35. The molecule has 2 aromatic rings. The third-order valence-electron chi connectivity index (χ3n) is 4.15. The highest BCUT2D eigenvalue weighted by molar-refractivity contribution is 7.88. The van der Waals surface area contributed by atoms with Gasteiger partial charge in [0.05, 0.1) is 6.26 Å². The van der Waals surface area contributed by atoms with E-state index in [2.05, 4.69) is 31.6 Å². The second kappa shape index (κ2) is 7.19. The van der Waals surface area contributed by atoms with E-state index in [4.69, 9.17) is 0 Å². The summed E-state index contributed by atoms with van der Waals surface area (Å²) in [5.74, 6) is 0. The molecular weight excluding hydrogens is 324 g/mol. The monoisotopic (exact) mass is 346 g/mol. The van der Waals surface area contributed by atoms with E-state index in [1.165, 1.54) is 17.6 Å². The fourth-order valence-electron chi connectivity index (χ4n) is 2.82. The number of aromatic nitrogens is 1. The Kier molecular flexibility index (Phi) is 5.01. The van der Waals surface area contributed by atoms with Crippen LogP contribution in [0.5, 0.6) is 0 Å². The van der Waals surface area contributed by atoms with Crippen molar-refractivity contribution in [3.63, 3.8) is 0 Å². The number of nitrogens with zero attached hydrogens (tertiary/aromatic N) is 3. The van der Waals surface area contributed by atoms with E-state index in [0.29, 0.717) is 6.54 Å². The minimum atomic E-state index is -3.16. The number of hydrogen-bond acceptors (Lipinski definition) is 5. The fraction of sp³-hybridized carbons (Fsp3) is 0.353. The van der Waals surface area contributed by atoms with Crippen LogP contribution < -0.4 is 14.5 Å². The molecule has 1 aromatic heterocycles. The first kappa shape index (κ1) is 16.7. The van der Waals surface area contributed by atoms with Crippen molar-refractivity contribution in [3.8, 4) is 0 Å². The Hall–Kier alpha value is -2.12. The number of sulfonamides is 1. The van der Waals surface area contributed by atoms with Crippen molar-refractivity contribution in [3.05, 3.63) is 54.4 Å². The smallest absolute Gasteiger partial charge is 0.209 e. The predicted molar refractivity (Wildman–Crippen MR) is 96.8 cm³/mol. The Morgan fingerprint density at radius 1 is 0.917 bits per heavy atom. The van der Waals surface area contributed by atoms with Gasteiger partial charge >= 0.3 is 0 Å². The molecule has 1 aromatic carbocycles. The second-order valence-electron chi connectivity index (χ2n) is 5.94. The van der Waals surface area contributed by atoms with Gasteiger partial charge in [0.2, 0.25) is 10.0 Å². The molecule has 1 saturated heterocycles. The van der Waals surface area contributed by atoms with E-state index in [-0.39, 0.29) is 0 Å². The molecule has 3 rings (SSSR count). The molecule has 0 radical (unpaired) electrons. The molecule has 1 aliphatic rings. The first-order chi connectivity index (χ1) is 11.5. The molecule has 2 heterocycles. The van der Waals surface area contributed by atoms with Gasteiger partial charge in [-0.05, 0) is 29.8 Å². The summed E-state index contributed by atoms with van der Waals surface area (Å²) >= 11 is 0. The number of anilines is 2. The number of hydrogen-bond donors (Lipinski definition) is 1. The third kappa shape index (κ3) is 4.46. The van der Waals surface area contributed by atoms with E-state index >= 15 is 0 Å². The van der Waals surface area contributed by atoms with Gasteiger partial charge < -0.3 is 9.80 Å². The zero-order valence-corrected chi connectivity index (χ0v) is 14.5. The number of pyridine rings is 1. The largest absolute Gasteiger partial charge is 0.368 e. The number of piperazine rings is 1. The lowest BCUT2D eigenvalue weighted by Gasteiger charge is -2.37. The first-order valence-electron chi connectivity index (χ1n) is 7.95. The highest BCUT2D eigenvalue weighted by Crippen LogP contribution is 2.20. The van der Waals surface area contributed by atoms with Crippen molar-refractivity contribution >= 4 is 21.4 Å². The van der Waals surface area contributed by atoms with Crippen molar-refractivity contribution < 1.29 is 8.42 Å². The summed E-state index contributed by atoms with van der Waals surface area (Å²) in [6.07, 6.45) is 4.82. The highest BCUT2D eigenvalue weighted by atomic mass is 32.2. The molecule has 0 spiro atoms. The van der Waals surface area contributed by atoms with Crippen molar-refractivity contribution in [1.29, 1.82) is 0 Å². The lowest BCUT2D eigenvalue weighted by Crippen LogP contribution is -2.46. The van der Waals surface area contributed by atoms with Crippen LogP contribution in [0.2, 0.25) is 0 Å². The van der Waals surface area contributed by atoms with Gasteiger partial charge in [-0.15, -0.1) is 0 Å². The molecule has 0 amide bonds. The van der Waals surface area contributed by atoms with E-state index < -0.39 is 10.0 Å². The van der Waals surface area contributed by atoms with Crippen LogP contribution in [0.3, 0.4) is 0 Å². The van der Waals surface area contributed by atoms with E-state index in [1.807, 2.05) is 36.7 Å². The van der Waals surface area contributed by atoms with E-state index in [0.717, 1.165) is 31.7 Å². The average Bonchev–Trinajstić information content (AvgIpc) is 2.61. The zero-order chi connectivity index (χ0) is 17.0. The molecule has 1 aliphatic heterocycles. The lowest BCUT2D eigenvalue weighted by atomic mass is 10.1. The molecular formula is C17H22N4O2S. The summed E-state index contributed by atoms with van der Waals surface area (Å²) in [6, 6.07) is 12.1. The Bertz CT molecular complexity index is 755. The van der Waals surface area contributed by atoms with Gasteiger partial charge in [-0.1, -0.05) is 12.1 Å². The fourth-order valence-corrected chi connectivity index (χ4v) is 3.25. The van der Waals surface area contributed by atoms with E-state index in [1.54, 1.807) is 0 Å².